The highest BCUT2D eigenvalue weighted by atomic mass is 35.5. The summed E-state index contributed by atoms with van der Waals surface area (Å²) >= 11 is 6.30. The van der Waals surface area contributed by atoms with E-state index in [4.69, 9.17) is 21.1 Å². The summed E-state index contributed by atoms with van der Waals surface area (Å²) < 4.78 is 10.8. The molecular weight excluding hydrogens is 490 g/mol. The van der Waals surface area contributed by atoms with E-state index in [1.807, 2.05) is 31.2 Å². The molecule has 0 aromatic heterocycles. The number of amides is 1. The van der Waals surface area contributed by atoms with Crippen molar-refractivity contribution >= 4 is 34.7 Å². The molecule has 3 aromatic rings. The third-order valence-electron chi connectivity index (χ3n) is 6.37. The van der Waals surface area contributed by atoms with Crippen molar-refractivity contribution in [3.8, 4) is 11.5 Å². The molecule has 3 aromatic carbocycles. The molecule has 4 rings (SSSR count). The Morgan fingerprint density at radius 1 is 1.03 bits per heavy atom. The second-order valence-corrected chi connectivity index (χ2v) is 10.2. The molecule has 0 spiro atoms. The van der Waals surface area contributed by atoms with Crippen molar-refractivity contribution in [1.29, 1.82) is 0 Å². The first-order valence-corrected chi connectivity index (χ1v) is 12.4. The van der Waals surface area contributed by atoms with E-state index in [1.54, 1.807) is 36.4 Å². The molecule has 1 heterocycles. The lowest BCUT2D eigenvalue weighted by Crippen LogP contribution is -2.29. The summed E-state index contributed by atoms with van der Waals surface area (Å²) in [7, 11) is 1.49. The lowest BCUT2D eigenvalue weighted by atomic mass is 9.85. The number of halogens is 1. The molecule has 6 nitrogen and oxygen atoms in total. The number of carbonyl (C=O) groups is 2. The van der Waals surface area contributed by atoms with Crippen LogP contribution in [0.1, 0.15) is 50.4 Å². The molecule has 7 heteroatoms. The number of rotatable bonds is 6. The molecule has 0 saturated carbocycles. The first-order chi connectivity index (χ1) is 17.6. The van der Waals surface area contributed by atoms with Crippen LogP contribution in [0.2, 0.25) is 5.02 Å². The maximum absolute atomic E-state index is 13.4. The van der Waals surface area contributed by atoms with Gasteiger partial charge < -0.3 is 14.6 Å². The zero-order chi connectivity index (χ0) is 26.9. The zero-order valence-corrected chi connectivity index (χ0v) is 22.3. The monoisotopic (exact) mass is 519 g/mol. The van der Waals surface area contributed by atoms with E-state index in [2.05, 4.69) is 20.8 Å². The number of carbonyl (C=O) groups excluding carboxylic acids is 2. The Kier molecular flexibility index (Phi) is 7.32. The Balaban J connectivity index is 1.92. The lowest BCUT2D eigenvalue weighted by molar-refractivity contribution is -0.132. The van der Waals surface area contributed by atoms with Gasteiger partial charge in [0.25, 0.3) is 11.7 Å². The van der Waals surface area contributed by atoms with Crippen molar-refractivity contribution in [2.24, 2.45) is 0 Å². The van der Waals surface area contributed by atoms with Gasteiger partial charge in [0.05, 0.1) is 30.4 Å². The molecule has 1 unspecified atom stereocenters. The van der Waals surface area contributed by atoms with E-state index in [9.17, 15) is 14.7 Å². The van der Waals surface area contributed by atoms with E-state index >= 15 is 0 Å². The maximum Gasteiger partial charge on any atom is 0.300 e. The van der Waals surface area contributed by atoms with Crippen molar-refractivity contribution in [3.63, 3.8) is 0 Å². The quantitative estimate of drug-likeness (QED) is 0.223. The van der Waals surface area contributed by atoms with Gasteiger partial charge in [-0.2, -0.15) is 0 Å². The number of aliphatic hydroxyl groups excluding tert-OH is 1. The van der Waals surface area contributed by atoms with Gasteiger partial charge in [-0.25, -0.2) is 0 Å². The zero-order valence-electron chi connectivity index (χ0n) is 21.5. The van der Waals surface area contributed by atoms with Crippen molar-refractivity contribution in [1.82, 2.24) is 0 Å². The minimum absolute atomic E-state index is 0.0171. The predicted molar refractivity (Wildman–Crippen MR) is 146 cm³/mol. The van der Waals surface area contributed by atoms with Gasteiger partial charge in [0.15, 0.2) is 0 Å². The second-order valence-electron chi connectivity index (χ2n) is 9.82. The van der Waals surface area contributed by atoms with Gasteiger partial charge >= 0.3 is 0 Å². The van der Waals surface area contributed by atoms with E-state index in [0.717, 1.165) is 5.56 Å². The molecule has 0 radical (unpaired) electrons. The SMILES string of the molecule is CCOc1cccc(N2C(=O)C(=O)/C(=C(/O)c3ccc(OC)c(Cl)c3)C2c2ccc(C(C)(C)C)cc2)c1. The highest BCUT2D eigenvalue weighted by Gasteiger charge is 2.47. The van der Waals surface area contributed by atoms with Crippen LogP contribution in [0, 0.1) is 0 Å². The Bertz CT molecular complexity index is 1370. The number of benzene rings is 3. The van der Waals surface area contributed by atoms with Crippen LogP contribution in [-0.2, 0) is 15.0 Å². The number of methoxy groups -OCH3 is 1. The number of hydrogen-bond donors (Lipinski definition) is 1. The fourth-order valence-corrected chi connectivity index (χ4v) is 4.70. The van der Waals surface area contributed by atoms with E-state index in [1.165, 1.54) is 18.1 Å². The molecule has 1 N–H and O–H groups in total. The molecule has 0 aliphatic carbocycles. The number of nitrogens with zero attached hydrogens (tertiary/aromatic N) is 1. The van der Waals surface area contributed by atoms with Crippen LogP contribution < -0.4 is 14.4 Å². The van der Waals surface area contributed by atoms with Gasteiger partial charge in [0.1, 0.15) is 17.3 Å². The molecule has 1 fully saturated rings. The average Bonchev–Trinajstić information content (AvgIpc) is 3.13. The minimum Gasteiger partial charge on any atom is -0.507 e. The van der Waals surface area contributed by atoms with Crippen LogP contribution in [0.15, 0.2) is 72.3 Å². The topological polar surface area (TPSA) is 76.1 Å². The Hall–Kier alpha value is -3.77. The standard InChI is InChI=1S/C30H30ClNO5/c1-6-37-22-9-7-8-21(17-22)32-26(18-10-13-20(14-11-18)30(2,3)4)25(28(34)29(32)35)27(33)19-12-15-24(36-5)23(31)16-19/h7-17,26,33H,6H2,1-5H3/b27-25+. The third kappa shape index (κ3) is 5.07. The summed E-state index contributed by atoms with van der Waals surface area (Å²) in [4.78, 5) is 28.3. The smallest absolute Gasteiger partial charge is 0.300 e. The van der Waals surface area contributed by atoms with Crippen LogP contribution in [0.3, 0.4) is 0 Å². The van der Waals surface area contributed by atoms with Gasteiger partial charge in [0.2, 0.25) is 0 Å². The average molecular weight is 520 g/mol. The van der Waals surface area contributed by atoms with Crippen molar-refractivity contribution in [3.05, 3.63) is 94.0 Å². The highest BCUT2D eigenvalue weighted by Crippen LogP contribution is 2.43. The first-order valence-electron chi connectivity index (χ1n) is 12.0. The van der Waals surface area contributed by atoms with Crippen molar-refractivity contribution < 1.29 is 24.2 Å². The van der Waals surface area contributed by atoms with Gasteiger partial charge in [-0.3, -0.25) is 14.5 Å². The molecule has 192 valence electrons. The van der Waals surface area contributed by atoms with E-state index in [0.29, 0.717) is 34.9 Å². The second kappa shape index (κ2) is 10.3. The van der Waals surface area contributed by atoms with Gasteiger partial charge in [-0.15, -0.1) is 0 Å². The summed E-state index contributed by atoms with van der Waals surface area (Å²) in [5.74, 6) is -0.821. The summed E-state index contributed by atoms with van der Waals surface area (Å²) in [6, 6.07) is 18.6. The summed E-state index contributed by atoms with van der Waals surface area (Å²) in [5, 5.41) is 11.6. The normalized spacial score (nSPS) is 17.2. The van der Waals surface area contributed by atoms with Gasteiger partial charge in [0, 0.05) is 17.3 Å². The Morgan fingerprint density at radius 3 is 2.32 bits per heavy atom. The first kappa shape index (κ1) is 26.3. The molecule has 1 amide bonds. The largest absolute Gasteiger partial charge is 0.507 e. The number of hydrogen-bond acceptors (Lipinski definition) is 5. The number of ether oxygens (including phenoxy) is 2. The van der Waals surface area contributed by atoms with Crippen LogP contribution >= 0.6 is 11.6 Å². The van der Waals surface area contributed by atoms with Gasteiger partial charge in [-0.05, 0) is 53.8 Å². The third-order valence-corrected chi connectivity index (χ3v) is 6.66. The molecule has 0 bridgehead atoms. The van der Waals surface area contributed by atoms with Crippen LogP contribution in [-0.4, -0.2) is 30.5 Å². The van der Waals surface area contributed by atoms with Crippen LogP contribution in [0.4, 0.5) is 5.69 Å². The van der Waals surface area contributed by atoms with Crippen molar-refractivity contribution in [2.45, 2.75) is 39.2 Å². The summed E-state index contributed by atoms with van der Waals surface area (Å²) in [6.45, 7) is 8.66. The number of anilines is 1. The molecule has 1 aliphatic rings. The minimum atomic E-state index is -0.855. The maximum atomic E-state index is 13.4. The fraction of sp³-hybridized carbons (Fsp3) is 0.267. The fourth-order valence-electron chi connectivity index (χ4n) is 4.44. The Labute approximate surface area is 222 Å². The summed E-state index contributed by atoms with van der Waals surface area (Å²) in [5.41, 5.74) is 2.50. The van der Waals surface area contributed by atoms with Crippen molar-refractivity contribution in [2.75, 3.05) is 18.6 Å². The van der Waals surface area contributed by atoms with E-state index in [-0.39, 0.29) is 21.8 Å². The summed E-state index contributed by atoms with van der Waals surface area (Å²) in [6.07, 6.45) is 0. The number of aliphatic hydroxyl groups is 1. The molecular formula is C30H30ClNO5. The van der Waals surface area contributed by atoms with Crippen LogP contribution in [0.5, 0.6) is 11.5 Å². The van der Waals surface area contributed by atoms with Gasteiger partial charge in [-0.1, -0.05) is 62.7 Å². The van der Waals surface area contributed by atoms with Crippen LogP contribution in [0.25, 0.3) is 5.76 Å². The molecule has 37 heavy (non-hydrogen) atoms. The molecule has 1 saturated heterocycles. The molecule has 1 atom stereocenters. The number of Topliss-reactive ketones (excluding diaryl/α,β-unsaturated/α-hetero) is 1. The highest BCUT2D eigenvalue weighted by molar-refractivity contribution is 6.51. The lowest BCUT2D eigenvalue weighted by Gasteiger charge is -2.27. The number of ketones is 1. The predicted octanol–water partition coefficient (Wildman–Crippen LogP) is 6.67. The molecule has 1 aliphatic heterocycles. The Morgan fingerprint density at radius 2 is 1.73 bits per heavy atom. The van der Waals surface area contributed by atoms with E-state index < -0.39 is 17.7 Å².